The molecule has 20 heavy (non-hydrogen) atoms. The summed E-state index contributed by atoms with van der Waals surface area (Å²) in [5.74, 6) is -3.38. The lowest BCUT2D eigenvalue weighted by atomic mass is 10.2. The number of halogens is 4. The van der Waals surface area contributed by atoms with Crippen LogP contribution in [-0.2, 0) is 0 Å². The molecule has 2 nitrogen and oxygen atoms in total. The van der Waals surface area contributed by atoms with Gasteiger partial charge in [0.2, 0.25) is 0 Å². The van der Waals surface area contributed by atoms with Crippen molar-refractivity contribution in [3.05, 3.63) is 57.6 Å². The Balaban J connectivity index is 2.47. The third-order valence-corrected chi connectivity index (χ3v) is 3.46. The van der Waals surface area contributed by atoms with Gasteiger partial charge in [0.1, 0.15) is 5.82 Å². The van der Waals surface area contributed by atoms with Crippen molar-refractivity contribution in [2.24, 2.45) is 0 Å². The second-order valence-corrected chi connectivity index (χ2v) is 4.92. The molecule has 0 fully saturated rings. The topological polar surface area (TPSA) is 20.7 Å². The van der Waals surface area contributed by atoms with Crippen molar-refractivity contribution in [1.82, 2.24) is 9.55 Å². The maximum absolute atomic E-state index is 13.9. The van der Waals surface area contributed by atoms with Gasteiger partial charge in [-0.2, -0.15) is 0 Å². The van der Waals surface area contributed by atoms with Gasteiger partial charge in [-0.15, -0.1) is 0 Å². The molecule has 7 heteroatoms. The van der Waals surface area contributed by atoms with Gasteiger partial charge in [0.05, 0.1) is 21.7 Å². The summed E-state index contributed by atoms with van der Waals surface area (Å²) in [7, 11) is 0. The fourth-order valence-electron chi connectivity index (χ4n) is 2.05. The Bertz CT molecular complexity index is 885. The summed E-state index contributed by atoms with van der Waals surface area (Å²) in [6, 6.07) is 6.28. The number of aromatic amines is 1. The van der Waals surface area contributed by atoms with Gasteiger partial charge in [0, 0.05) is 12.1 Å². The van der Waals surface area contributed by atoms with Crippen LogP contribution in [0.3, 0.4) is 0 Å². The van der Waals surface area contributed by atoms with Crippen LogP contribution in [0.1, 0.15) is 0 Å². The summed E-state index contributed by atoms with van der Waals surface area (Å²) in [5.41, 5.74) is 0.585. The molecule has 0 bridgehead atoms. The zero-order valence-electron chi connectivity index (χ0n) is 9.75. The van der Waals surface area contributed by atoms with E-state index in [4.69, 9.17) is 23.8 Å². The highest BCUT2D eigenvalue weighted by Gasteiger charge is 2.17. The largest absolute Gasteiger partial charge is 0.330 e. The van der Waals surface area contributed by atoms with Crippen LogP contribution < -0.4 is 0 Å². The summed E-state index contributed by atoms with van der Waals surface area (Å²) in [4.78, 5) is 2.81. The molecule has 0 aliphatic heterocycles. The average Bonchev–Trinajstić information content (AvgIpc) is 2.71. The lowest BCUT2D eigenvalue weighted by molar-refractivity contribution is 0.491. The van der Waals surface area contributed by atoms with Crippen LogP contribution in [0.25, 0.3) is 16.7 Å². The van der Waals surface area contributed by atoms with Crippen molar-refractivity contribution in [2.75, 3.05) is 0 Å². The molecule has 0 aliphatic rings. The van der Waals surface area contributed by atoms with E-state index in [2.05, 4.69) is 4.98 Å². The Hall–Kier alpha value is -1.79. The first-order valence-corrected chi connectivity index (χ1v) is 6.32. The van der Waals surface area contributed by atoms with Crippen molar-refractivity contribution in [3.63, 3.8) is 0 Å². The minimum Gasteiger partial charge on any atom is -0.330 e. The van der Waals surface area contributed by atoms with Crippen LogP contribution in [0, 0.1) is 22.2 Å². The number of nitrogens with one attached hydrogen (secondary N) is 1. The minimum atomic E-state index is -1.29. The van der Waals surface area contributed by atoms with E-state index in [0.29, 0.717) is 22.1 Å². The quantitative estimate of drug-likeness (QED) is 0.507. The number of hydrogen-bond donors (Lipinski definition) is 1. The van der Waals surface area contributed by atoms with E-state index in [1.54, 1.807) is 18.2 Å². The van der Waals surface area contributed by atoms with E-state index >= 15 is 0 Å². The van der Waals surface area contributed by atoms with Crippen molar-refractivity contribution < 1.29 is 13.2 Å². The molecule has 0 amide bonds. The highest BCUT2D eigenvalue weighted by molar-refractivity contribution is 7.71. The smallest absolute Gasteiger partial charge is 0.183 e. The molecule has 1 heterocycles. The van der Waals surface area contributed by atoms with Crippen molar-refractivity contribution in [1.29, 1.82) is 0 Å². The van der Waals surface area contributed by atoms with E-state index in [1.165, 1.54) is 4.57 Å². The normalized spacial score (nSPS) is 11.2. The molecule has 0 radical (unpaired) electrons. The number of hydrogen-bond acceptors (Lipinski definition) is 1. The van der Waals surface area contributed by atoms with Crippen molar-refractivity contribution >= 4 is 34.9 Å². The first kappa shape index (κ1) is 13.2. The molecule has 1 aromatic heterocycles. The molecule has 3 aromatic rings. The summed E-state index contributed by atoms with van der Waals surface area (Å²) < 4.78 is 41.9. The van der Waals surface area contributed by atoms with Gasteiger partial charge in [-0.05, 0) is 24.4 Å². The SMILES string of the molecule is Fc1cc(F)c(F)c(-n2c(=S)[nH]c3cccc(Cl)c32)c1. The first-order chi connectivity index (χ1) is 9.49. The second kappa shape index (κ2) is 4.64. The molecule has 0 saturated heterocycles. The Morgan fingerprint density at radius 2 is 1.90 bits per heavy atom. The van der Waals surface area contributed by atoms with E-state index < -0.39 is 17.5 Å². The third kappa shape index (κ3) is 1.92. The number of para-hydroxylation sites is 1. The Kier molecular flexibility index (Phi) is 3.07. The van der Waals surface area contributed by atoms with Crippen LogP contribution in [0.4, 0.5) is 13.2 Å². The van der Waals surface area contributed by atoms with Crippen LogP contribution in [0.2, 0.25) is 5.02 Å². The van der Waals surface area contributed by atoms with Gasteiger partial charge in [-0.1, -0.05) is 17.7 Å². The predicted octanol–water partition coefficient (Wildman–Crippen LogP) is 4.76. The van der Waals surface area contributed by atoms with Gasteiger partial charge >= 0.3 is 0 Å². The fraction of sp³-hybridized carbons (Fsp3) is 0. The predicted molar refractivity (Wildman–Crippen MR) is 73.3 cm³/mol. The number of fused-ring (bicyclic) bond motifs is 1. The molecule has 0 atom stereocenters. The van der Waals surface area contributed by atoms with Gasteiger partial charge < -0.3 is 4.98 Å². The van der Waals surface area contributed by atoms with E-state index in [1.807, 2.05) is 0 Å². The molecule has 2 aromatic carbocycles. The number of benzene rings is 2. The lowest BCUT2D eigenvalue weighted by Crippen LogP contribution is -2.02. The first-order valence-electron chi connectivity index (χ1n) is 5.53. The minimum absolute atomic E-state index is 0.0944. The molecular formula is C13H6ClF3N2S. The Labute approximate surface area is 121 Å². The summed E-state index contributed by atoms with van der Waals surface area (Å²) >= 11 is 11.1. The van der Waals surface area contributed by atoms with Crippen LogP contribution in [0.5, 0.6) is 0 Å². The number of nitrogens with zero attached hydrogens (tertiary/aromatic N) is 1. The monoisotopic (exact) mass is 314 g/mol. The average molecular weight is 315 g/mol. The van der Waals surface area contributed by atoms with Gasteiger partial charge in [-0.3, -0.25) is 4.57 Å². The van der Waals surface area contributed by atoms with Crippen molar-refractivity contribution in [2.45, 2.75) is 0 Å². The molecule has 0 aliphatic carbocycles. The molecular weight excluding hydrogens is 309 g/mol. The highest BCUT2D eigenvalue weighted by Crippen LogP contribution is 2.28. The zero-order chi connectivity index (χ0) is 14.4. The van der Waals surface area contributed by atoms with Gasteiger partial charge in [0.25, 0.3) is 0 Å². The maximum atomic E-state index is 13.9. The molecule has 0 unspecified atom stereocenters. The molecule has 0 saturated carbocycles. The number of imidazole rings is 1. The van der Waals surface area contributed by atoms with E-state index in [-0.39, 0.29) is 10.5 Å². The van der Waals surface area contributed by atoms with Crippen LogP contribution >= 0.6 is 23.8 Å². The number of aromatic nitrogens is 2. The van der Waals surface area contributed by atoms with Crippen molar-refractivity contribution in [3.8, 4) is 5.69 Å². The molecule has 3 rings (SSSR count). The van der Waals surface area contributed by atoms with Gasteiger partial charge in [-0.25, -0.2) is 13.2 Å². The summed E-state index contributed by atoms with van der Waals surface area (Å²) in [6.07, 6.45) is 0. The summed E-state index contributed by atoms with van der Waals surface area (Å²) in [5, 5.41) is 0.291. The Morgan fingerprint density at radius 1 is 1.15 bits per heavy atom. The highest BCUT2D eigenvalue weighted by atomic mass is 35.5. The fourth-order valence-corrected chi connectivity index (χ4v) is 2.61. The number of rotatable bonds is 1. The van der Waals surface area contributed by atoms with Crippen LogP contribution in [0.15, 0.2) is 30.3 Å². The second-order valence-electron chi connectivity index (χ2n) is 4.12. The zero-order valence-corrected chi connectivity index (χ0v) is 11.3. The number of H-pyrrole nitrogens is 1. The third-order valence-electron chi connectivity index (χ3n) is 2.87. The molecule has 102 valence electrons. The Morgan fingerprint density at radius 3 is 2.65 bits per heavy atom. The lowest BCUT2D eigenvalue weighted by Gasteiger charge is -2.08. The van der Waals surface area contributed by atoms with E-state index in [9.17, 15) is 13.2 Å². The molecule has 0 spiro atoms. The maximum Gasteiger partial charge on any atom is 0.183 e. The van der Waals surface area contributed by atoms with Gasteiger partial charge in [0.15, 0.2) is 16.4 Å². The molecule has 1 N–H and O–H groups in total. The van der Waals surface area contributed by atoms with Crippen LogP contribution in [-0.4, -0.2) is 9.55 Å². The standard InChI is InChI=1S/C13H6ClF3N2S/c14-7-2-1-3-9-12(7)19(13(20)18-9)10-5-6(15)4-8(16)11(10)17/h1-5H,(H,18,20). The van der Waals surface area contributed by atoms with E-state index in [0.717, 1.165) is 6.07 Å². The summed E-state index contributed by atoms with van der Waals surface area (Å²) in [6.45, 7) is 0.